The molecule has 104 valence electrons. The van der Waals surface area contributed by atoms with Crippen molar-refractivity contribution in [3.05, 3.63) is 58.6 Å². The fourth-order valence-corrected chi connectivity index (χ4v) is 3.87. The Morgan fingerprint density at radius 2 is 2.05 bits per heavy atom. The van der Waals surface area contributed by atoms with Crippen LogP contribution in [0.1, 0.15) is 11.1 Å². The van der Waals surface area contributed by atoms with Gasteiger partial charge in [-0.1, -0.05) is 41.9 Å². The number of rotatable bonds is 4. The van der Waals surface area contributed by atoms with Crippen molar-refractivity contribution in [2.24, 2.45) is 5.73 Å². The van der Waals surface area contributed by atoms with Crippen molar-refractivity contribution in [3.8, 4) is 5.75 Å². The van der Waals surface area contributed by atoms with Crippen LogP contribution in [0.3, 0.4) is 0 Å². The predicted octanol–water partition coefficient (Wildman–Crippen LogP) is 3.89. The van der Waals surface area contributed by atoms with Crippen LogP contribution in [0.2, 0.25) is 5.02 Å². The van der Waals surface area contributed by atoms with Crippen molar-refractivity contribution in [3.63, 3.8) is 0 Å². The van der Waals surface area contributed by atoms with Gasteiger partial charge in [-0.15, -0.1) is 11.8 Å². The number of para-hydroxylation sites is 1. The van der Waals surface area contributed by atoms with Gasteiger partial charge in [0.15, 0.2) is 0 Å². The third kappa shape index (κ3) is 2.80. The highest BCUT2D eigenvalue weighted by atomic mass is 35.5. The summed E-state index contributed by atoms with van der Waals surface area (Å²) in [4.78, 5) is 1.36. The molecule has 2 N–H and O–H groups in total. The molecule has 1 aliphatic rings. The molecule has 0 radical (unpaired) electrons. The molecule has 2 nitrogen and oxygen atoms in total. The lowest BCUT2D eigenvalue weighted by molar-refractivity contribution is 0.314. The minimum Gasteiger partial charge on any atom is -0.491 e. The molecule has 0 saturated carbocycles. The molecular weight excluding hydrogens is 290 g/mol. The smallest absolute Gasteiger partial charge is 0.142 e. The lowest BCUT2D eigenvalue weighted by Crippen LogP contribution is -2.15. The standard InChI is InChI=1S/C16H16ClNOS/c17-14-6-3-5-12(9-18)16(14)19-10-13-8-11-4-1-2-7-15(11)20-13/h1-7,13H,8-10,18H2. The maximum Gasteiger partial charge on any atom is 0.142 e. The van der Waals surface area contributed by atoms with Gasteiger partial charge in [-0.05, 0) is 24.1 Å². The van der Waals surface area contributed by atoms with Gasteiger partial charge >= 0.3 is 0 Å². The molecule has 1 atom stereocenters. The summed E-state index contributed by atoms with van der Waals surface area (Å²) in [6, 6.07) is 14.2. The Hall–Kier alpha value is -1.16. The number of fused-ring (bicyclic) bond motifs is 1. The van der Waals surface area contributed by atoms with Gasteiger partial charge in [-0.3, -0.25) is 0 Å². The van der Waals surface area contributed by atoms with E-state index in [-0.39, 0.29) is 0 Å². The van der Waals surface area contributed by atoms with Gasteiger partial charge in [0, 0.05) is 22.3 Å². The first-order chi connectivity index (χ1) is 9.78. The van der Waals surface area contributed by atoms with Gasteiger partial charge in [0.05, 0.1) is 5.02 Å². The van der Waals surface area contributed by atoms with E-state index in [4.69, 9.17) is 22.1 Å². The largest absolute Gasteiger partial charge is 0.491 e. The van der Waals surface area contributed by atoms with E-state index >= 15 is 0 Å². The summed E-state index contributed by atoms with van der Waals surface area (Å²) in [5.41, 5.74) is 8.09. The summed E-state index contributed by atoms with van der Waals surface area (Å²) in [6.07, 6.45) is 1.04. The molecule has 1 unspecified atom stereocenters. The number of thioether (sulfide) groups is 1. The van der Waals surface area contributed by atoms with E-state index in [1.807, 2.05) is 30.0 Å². The average molecular weight is 306 g/mol. The first-order valence-electron chi connectivity index (χ1n) is 6.62. The first kappa shape index (κ1) is 13.8. The maximum atomic E-state index is 6.20. The van der Waals surface area contributed by atoms with E-state index in [1.54, 1.807) is 0 Å². The van der Waals surface area contributed by atoms with Gasteiger partial charge < -0.3 is 10.5 Å². The van der Waals surface area contributed by atoms with Crippen molar-refractivity contribution < 1.29 is 4.74 Å². The molecule has 0 bridgehead atoms. The monoisotopic (exact) mass is 305 g/mol. The van der Waals surface area contributed by atoms with Crippen molar-refractivity contribution in [2.45, 2.75) is 23.1 Å². The predicted molar refractivity (Wildman–Crippen MR) is 84.6 cm³/mol. The quantitative estimate of drug-likeness (QED) is 0.930. The van der Waals surface area contributed by atoms with Gasteiger partial charge in [-0.2, -0.15) is 0 Å². The van der Waals surface area contributed by atoms with E-state index in [2.05, 4.69) is 24.3 Å². The molecule has 2 aromatic rings. The highest BCUT2D eigenvalue weighted by Crippen LogP contribution is 2.37. The number of hydrogen-bond donors (Lipinski definition) is 1. The molecule has 0 amide bonds. The zero-order chi connectivity index (χ0) is 13.9. The molecule has 4 heteroatoms. The van der Waals surface area contributed by atoms with Gasteiger partial charge in [0.2, 0.25) is 0 Å². The second-order valence-electron chi connectivity index (χ2n) is 4.79. The molecule has 0 saturated heterocycles. The summed E-state index contributed by atoms with van der Waals surface area (Å²) >= 11 is 8.07. The molecule has 0 aromatic heterocycles. The minimum absolute atomic E-state index is 0.438. The highest BCUT2D eigenvalue weighted by molar-refractivity contribution is 8.00. The van der Waals surface area contributed by atoms with Crippen LogP contribution in [-0.2, 0) is 13.0 Å². The maximum absolute atomic E-state index is 6.20. The lowest BCUT2D eigenvalue weighted by Gasteiger charge is -2.15. The van der Waals surface area contributed by atoms with E-state index in [0.29, 0.717) is 23.4 Å². The van der Waals surface area contributed by atoms with Crippen molar-refractivity contribution in [1.82, 2.24) is 0 Å². The third-order valence-electron chi connectivity index (χ3n) is 3.40. The number of hydrogen-bond acceptors (Lipinski definition) is 3. The fourth-order valence-electron chi connectivity index (χ4n) is 2.40. The average Bonchev–Trinajstić information content (AvgIpc) is 2.88. The molecule has 1 heterocycles. The van der Waals surface area contributed by atoms with Crippen LogP contribution in [-0.4, -0.2) is 11.9 Å². The Bertz CT molecular complexity index is 592. The zero-order valence-corrected chi connectivity index (χ0v) is 12.6. The highest BCUT2D eigenvalue weighted by Gasteiger charge is 2.22. The number of ether oxygens (including phenoxy) is 1. The summed E-state index contributed by atoms with van der Waals surface area (Å²) in [5, 5.41) is 1.07. The van der Waals surface area contributed by atoms with Crippen LogP contribution in [0.15, 0.2) is 47.4 Å². The van der Waals surface area contributed by atoms with Gasteiger partial charge in [-0.25, -0.2) is 0 Å². The molecule has 0 spiro atoms. The first-order valence-corrected chi connectivity index (χ1v) is 7.88. The zero-order valence-electron chi connectivity index (χ0n) is 11.0. The Morgan fingerprint density at radius 1 is 1.20 bits per heavy atom. The number of nitrogens with two attached hydrogens (primary N) is 1. The topological polar surface area (TPSA) is 35.2 Å². The molecule has 0 aliphatic carbocycles. The van der Waals surface area contributed by atoms with Crippen molar-refractivity contribution >= 4 is 23.4 Å². The fraction of sp³-hybridized carbons (Fsp3) is 0.250. The SMILES string of the molecule is NCc1cccc(Cl)c1OCC1Cc2ccccc2S1. The molecule has 0 fully saturated rings. The third-order valence-corrected chi connectivity index (χ3v) is 4.98. The van der Waals surface area contributed by atoms with Crippen molar-refractivity contribution in [2.75, 3.05) is 6.61 Å². The Morgan fingerprint density at radius 3 is 2.85 bits per heavy atom. The number of halogens is 1. The second kappa shape index (κ2) is 6.08. The Labute approximate surface area is 128 Å². The molecular formula is C16H16ClNOS. The number of benzene rings is 2. The van der Waals surface area contributed by atoms with Crippen LogP contribution in [0.25, 0.3) is 0 Å². The minimum atomic E-state index is 0.438. The normalized spacial score (nSPS) is 17.0. The van der Waals surface area contributed by atoms with E-state index in [9.17, 15) is 0 Å². The van der Waals surface area contributed by atoms with Crippen LogP contribution in [0.5, 0.6) is 5.75 Å². The van der Waals surface area contributed by atoms with Crippen LogP contribution in [0, 0.1) is 0 Å². The van der Waals surface area contributed by atoms with E-state index in [0.717, 1.165) is 17.7 Å². The Balaban J connectivity index is 1.67. The Kier molecular flexibility index (Phi) is 4.20. The van der Waals surface area contributed by atoms with E-state index in [1.165, 1.54) is 10.5 Å². The van der Waals surface area contributed by atoms with Crippen LogP contribution >= 0.6 is 23.4 Å². The molecule has 3 rings (SSSR count). The van der Waals surface area contributed by atoms with Crippen LogP contribution in [0.4, 0.5) is 0 Å². The summed E-state index contributed by atoms with van der Waals surface area (Å²) in [7, 11) is 0. The van der Waals surface area contributed by atoms with E-state index < -0.39 is 0 Å². The van der Waals surface area contributed by atoms with Crippen molar-refractivity contribution in [1.29, 1.82) is 0 Å². The molecule has 2 aromatic carbocycles. The second-order valence-corrected chi connectivity index (χ2v) is 6.54. The summed E-state index contributed by atoms with van der Waals surface area (Å²) in [5.74, 6) is 0.730. The van der Waals surface area contributed by atoms with Gasteiger partial charge in [0.1, 0.15) is 12.4 Å². The summed E-state index contributed by atoms with van der Waals surface area (Å²) < 4.78 is 5.94. The van der Waals surface area contributed by atoms with Gasteiger partial charge in [0.25, 0.3) is 0 Å². The molecule has 1 aliphatic heterocycles. The summed E-state index contributed by atoms with van der Waals surface area (Å²) in [6.45, 7) is 1.09. The van der Waals surface area contributed by atoms with Crippen LogP contribution < -0.4 is 10.5 Å². The lowest BCUT2D eigenvalue weighted by atomic mass is 10.1. The molecule has 20 heavy (non-hydrogen) atoms.